The predicted molar refractivity (Wildman–Crippen MR) is 132 cm³/mol. The van der Waals surface area contributed by atoms with E-state index in [4.69, 9.17) is 0 Å². The number of anilines is 1. The third-order valence-electron chi connectivity index (χ3n) is 5.95. The Morgan fingerprint density at radius 3 is 2.33 bits per heavy atom. The summed E-state index contributed by atoms with van der Waals surface area (Å²) in [5.41, 5.74) is 4.53. The SMILES string of the molecule is CC(C)Cc1ccc(S(=O)(=O)NCc2ccc3c(c2)N(C(=O)c2ccccc2)C(C)C3)cc1. The predicted octanol–water partition coefficient (Wildman–Crippen LogP) is 4.96. The molecule has 0 radical (unpaired) electrons. The molecule has 172 valence electrons. The Labute approximate surface area is 196 Å². The average molecular weight is 463 g/mol. The normalized spacial score (nSPS) is 15.6. The molecule has 4 rings (SSSR count). The van der Waals surface area contributed by atoms with Crippen LogP contribution in [0, 0.1) is 5.92 Å². The van der Waals surface area contributed by atoms with Gasteiger partial charge < -0.3 is 4.90 Å². The van der Waals surface area contributed by atoms with E-state index < -0.39 is 10.0 Å². The van der Waals surface area contributed by atoms with Crippen LogP contribution in [-0.2, 0) is 29.4 Å². The Morgan fingerprint density at radius 1 is 1.00 bits per heavy atom. The first-order chi connectivity index (χ1) is 15.7. The second-order valence-corrected chi connectivity index (χ2v) is 10.9. The maximum atomic E-state index is 13.1. The fourth-order valence-corrected chi connectivity index (χ4v) is 5.35. The Kier molecular flexibility index (Phi) is 6.68. The van der Waals surface area contributed by atoms with Crippen molar-refractivity contribution in [1.29, 1.82) is 0 Å². The van der Waals surface area contributed by atoms with Gasteiger partial charge in [-0.2, -0.15) is 0 Å². The van der Waals surface area contributed by atoms with E-state index in [9.17, 15) is 13.2 Å². The molecule has 0 aliphatic carbocycles. The number of carbonyl (C=O) groups excluding carboxylic acids is 1. The first kappa shape index (κ1) is 23.2. The van der Waals surface area contributed by atoms with Crippen LogP contribution in [0.5, 0.6) is 0 Å². The van der Waals surface area contributed by atoms with Gasteiger partial charge in [0.2, 0.25) is 10.0 Å². The largest absolute Gasteiger partial charge is 0.305 e. The van der Waals surface area contributed by atoms with Gasteiger partial charge in [-0.3, -0.25) is 4.79 Å². The Bertz CT molecular complexity index is 1240. The molecular weight excluding hydrogens is 432 g/mol. The summed E-state index contributed by atoms with van der Waals surface area (Å²) in [7, 11) is -3.63. The van der Waals surface area contributed by atoms with Gasteiger partial charge in [0.1, 0.15) is 0 Å². The van der Waals surface area contributed by atoms with Crippen LogP contribution in [-0.4, -0.2) is 20.4 Å². The van der Waals surface area contributed by atoms with Gasteiger partial charge in [-0.1, -0.05) is 56.3 Å². The summed E-state index contributed by atoms with van der Waals surface area (Å²) in [5.74, 6) is 0.475. The zero-order valence-electron chi connectivity index (χ0n) is 19.3. The lowest BCUT2D eigenvalue weighted by Crippen LogP contribution is -2.35. The van der Waals surface area contributed by atoms with Crippen molar-refractivity contribution in [2.24, 2.45) is 5.92 Å². The van der Waals surface area contributed by atoms with E-state index in [1.165, 1.54) is 0 Å². The van der Waals surface area contributed by atoms with Crippen molar-refractivity contribution in [3.63, 3.8) is 0 Å². The van der Waals surface area contributed by atoms with Crippen molar-refractivity contribution in [1.82, 2.24) is 4.72 Å². The summed E-state index contributed by atoms with van der Waals surface area (Å²) in [4.78, 5) is 15.2. The molecule has 3 aromatic carbocycles. The second kappa shape index (κ2) is 9.49. The second-order valence-electron chi connectivity index (χ2n) is 9.12. The van der Waals surface area contributed by atoms with E-state index in [0.717, 1.165) is 35.2 Å². The molecule has 0 spiro atoms. The molecule has 1 unspecified atom stereocenters. The van der Waals surface area contributed by atoms with E-state index in [0.29, 0.717) is 11.5 Å². The van der Waals surface area contributed by atoms with Crippen molar-refractivity contribution in [2.75, 3.05) is 4.90 Å². The zero-order valence-corrected chi connectivity index (χ0v) is 20.1. The minimum atomic E-state index is -3.63. The van der Waals surface area contributed by atoms with Crippen LogP contribution in [0.3, 0.4) is 0 Å². The van der Waals surface area contributed by atoms with Crippen LogP contribution < -0.4 is 9.62 Å². The van der Waals surface area contributed by atoms with Crippen LogP contribution in [0.4, 0.5) is 5.69 Å². The molecule has 1 amide bonds. The summed E-state index contributed by atoms with van der Waals surface area (Å²) in [6.45, 7) is 6.47. The van der Waals surface area contributed by atoms with E-state index in [-0.39, 0.29) is 23.4 Å². The van der Waals surface area contributed by atoms with Gasteiger partial charge in [0.25, 0.3) is 5.91 Å². The summed E-state index contributed by atoms with van der Waals surface area (Å²) in [6, 6.07) is 22.2. The molecule has 1 aliphatic rings. The standard InChI is InChI=1S/C27H30N2O3S/c1-19(2)15-21-10-13-25(14-11-21)33(31,32)28-18-22-9-12-24-16-20(3)29(26(24)17-22)27(30)23-7-5-4-6-8-23/h4-14,17,19-20,28H,15-16,18H2,1-3H3. The smallest absolute Gasteiger partial charge is 0.258 e. The van der Waals surface area contributed by atoms with Gasteiger partial charge in [0.05, 0.1) is 4.90 Å². The molecule has 1 heterocycles. The van der Waals surface area contributed by atoms with Gasteiger partial charge in [-0.25, -0.2) is 13.1 Å². The van der Waals surface area contributed by atoms with Gasteiger partial charge in [-0.15, -0.1) is 0 Å². The van der Waals surface area contributed by atoms with Crippen molar-refractivity contribution >= 4 is 21.6 Å². The highest BCUT2D eigenvalue weighted by Crippen LogP contribution is 2.34. The van der Waals surface area contributed by atoms with Crippen LogP contribution in [0.2, 0.25) is 0 Å². The maximum absolute atomic E-state index is 13.1. The molecule has 33 heavy (non-hydrogen) atoms. The first-order valence-electron chi connectivity index (χ1n) is 11.3. The van der Waals surface area contributed by atoms with Crippen molar-refractivity contribution in [2.45, 2.75) is 51.1 Å². The molecule has 1 atom stereocenters. The van der Waals surface area contributed by atoms with E-state index in [2.05, 4.69) is 18.6 Å². The van der Waals surface area contributed by atoms with Gasteiger partial charge in [0.15, 0.2) is 0 Å². The van der Waals surface area contributed by atoms with Crippen molar-refractivity contribution in [3.8, 4) is 0 Å². The molecule has 0 saturated carbocycles. The van der Waals surface area contributed by atoms with Crippen LogP contribution in [0.1, 0.15) is 47.8 Å². The fraction of sp³-hybridized carbons (Fsp3) is 0.296. The number of nitrogens with zero attached hydrogens (tertiary/aromatic N) is 1. The summed E-state index contributed by atoms with van der Waals surface area (Å²) < 4.78 is 28.3. The summed E-state index contributed by atoms with van der Waals surface area (Å²) >= 11 is 0. The number of amides is 1. The number of rotatable bonds is 7. The average Bonchev–Trinajstić information content (AvgIpc) is 3.12. The molecule has 0 bridgehead atoms. The molecule has 1 aliphatic heterocycles. The minimum Gasteiger partial charge on any atom is -0.305 e. The quantitative estimate of drug-likeness (QED) is 0.540. The Balaban J connectivity index is 1.50. The maximum Gasteiger partial charge on any atom is 0.258 e. The van der Waals surface area contributed by atoms with Gasteiger partial charge >= 0.3 is 0 Å². The number of fused-ring (bicyclic) bond motifs is 1. The minimum absolute atomic E-state index is 0.0407. The molecule has 1 N–H and O–H groups in total. The van der Waals surface area contributed by atoms with Crippen molar-refractivity contribution in [3.05, 3.63) is 95.1 Å². The van der Waals surface area contributed by atoms with E-state index in [1.807, 2.05) is 72.5 Å². The summed E-state index contributed by atoms with van der Waals surface area (Å²) in [5, 5.41) is 0. The van der Waals surface area contributed by atoms with Crippen LogP contribution >= 0.6 is 0 Å². The number of carbonyl (C=O) groups is 1. The summed E-state index contributed by atoms with van der Waals surface area (Å²) in [6.07, 6.45) is 1.70. The Hall–Kier alpha value is -2.96. The molecule has 0 aromatic heterocycles. The first-order valence-corrected chi connectivity index (χ1v) is 12.8. The van der Waals surface area contributed by atoms with Crippen molar-refractivity contribution < 1.29 is 13.2 Å². The van der Waals surface area contributed by atoms with E-state index >= 15 is 0 Å². The topological polar surface area (TPSA) is 66.5 Å². The Morgan fingerprint density at radius 2 is 1.67 bits per heavy atom. The third-order valence-corrected chi connectivity index (χ3v) is 7.37. The third kappa shape index (κ3) is 5.18. The molecule has 5 nitrogen and oxygen atoms in total. The van der Waals surface area contributed by atoms with Crippen LogP contribution in [0.15, 0.2) is 77.7 Å². The monoisotopic (exact) mass is 462 g/mol. The van der Waals surface area contributed by atoms with Crippen LogP contribution in [0.25, 0.3) is 0 Å². The van der Waals surface area contributed by atoms with Gasteiger partial charge in [0, 0.05) is 23.8 Å². The lowest BCUT2D eigenvalue weighted by Gasteiger charge is -2.23. The van der Waals surface area contributed by atoms with Gasteiger partial charge in [-0.05, 0) is 72.7 Å². The lowest BCUT2D eigenvalue weighted by molar-refractivity contribution is 0.0981. The highest BCUT2D eigenvalue weighted by molar-refractivity contribution is 7.89. The molecule has 6 heteroatoms. The number of benzene rings is 3. The molecule has 3 aromatic rings. The number of hydrogen-bond acceptors (Lipinski definition) is 3. The van der Waals surface area contributed by atoms with E-state index in [1.54, 1.807) is 12.1 Å². The lowest BCUT2D eigenvalue weighted by atomic mass is 10.0. The number of hydrogen-bond donors (Lipinski definition) is 1. The molecular formula is C27H30N2O3S. The fourth-order valence-electron chi connectivity index (χ4n) is 4.33. The number of nitrogens with one attached hydrogen (secondary N) is 1. The highest BCUT2D eigenvalue weighted by Gasteiger charge is 2.31. The highest BCUT2D eigenvalue weighted by atomic mass is 32.2. The molecule has 0 saturated heterocycles. The number of sulfonamides is 1. The molecule has 0 fully saturated rings. The zero-order chi connectivity index (χ0) is 23.6.